The first kappa shape index (κ1) is 23.8. The van der Waals surface area contributed by atoms with Crippen LogP contribution in [-0.4, -0.2) is 35.4 Å². The van der Waals surface area contributed by atoms with E-state index in [2.05, 4.69) is 10.6 Å². The normalized spacial score (nSPS) is 11.5. The van der Waals surface area contributed by atoms with Crippen molar-refractivity contribution in [1.82, 2.24) is 5.32 Å². The number of carbonyl (C=O) groups excluding carboxylic acids is 3. The number of nitro benzene ring substituents is 1. The lowest BCUT2D eigenvalue weighted by Crippen LogP contribution is -2.46. The Morgan fingerprint density at radius 2 is 1.77 bits per heavy atom. The second-order valence-corrected chi connectivity index (χ2v) is 7.55. The van der Waals surface area contributed by atoms with Gasteiger partial charge in [0.15, 0.2) is 6.61 Å². The summed E-state index contributed by atoms with van der Waals surface area (Å²) in [6.45, 7) is 4.75. The van der Waals surface area contributed by atoms with Crippen molar-refractivity contribution in [3.63, 3.8) is 0 Å². The predicted octanol–water partition coefficient (Wildman–Crippen LogP) is 3.49. The Hall–Kier alpha value is -3.46. The molecule has 2 aromatic rings. The van der Waals surface area contributed by atoms with Crippen molar-refractivity contribution >= 4 is 40.8 Å². The van der Waals surface area contributed by atoms with Crippen molar-refractivity contribution in [3.05, 3.63) is 68.7 Å². The highest BCUT2D eigenvalue weighted by Crippen LogP contribution is 2.25. The summed E-state index contributed by atoms with van der Waals surface area (Å²) in [4.78, 5) is 47.2. The molecule has 1 atom stereocenters. The van der Waals surface area contributed by atoms with E-state index < -0.39 is 41.0 Å². The molecule has 0 saturated heterocycles. The summed E-state index contributed by atoms with van der Waals surface area (Å²) < 4.78 is 5.05. The lowest BCUT2D eigenvalue weighted by molar-refractivity contribution is -0.384. The third kappa shape index (κ3) is 6.78. The second-order valence-electron chi connectivity index (χ2n) is 7.14. The topological polar surface area (TPSA) is 128 Å². The highest BCUT2D eigenvalue weighted by molar-refractivity contribution is 6.32. The Labute approximate surface area is 183 Å². The van der Waals surface area contributed by atoms with Crippen molar-refractivity contribution in [3.8, 4) is 0 Å². The van der Waals surface area contributed by atoms with Crippen LogP contribution >= 0.6 is 11.6 Å². The van der Waals surface area contributed by atoms with Gasteiger partial charge in [-0.1, -0.05) is 43.1 Å². The maximum absolute atomic E-state index is 12.5. The number of nitrogens with zero attached hydrogens (tertiary/aromatic N) is 1. The second kappa shape index (κ2) is 10.5. The standard InChI is InChI=1S/C21H22ClN3O6/c1-12(2)19(24-20(27)14-6-9-16(22)17(10-14)25(29)30)21(28)31-11-18(26)23-15-7-4-13(3)5-8-15/h4-10,12,19H,11H2,1-3H3,(H,23,26)(H,24,27)/t19-/m0/s1. The van der Waals surface area contributed by atoms with Crippen LogP contribution in [0, 0.1) is 23.0 Å². The van der Waals surface area contributed by atoms with Crippen LogP contribution in [0.25, 0.3) is 0 Å². The van der Waals surface area contributed by atoms with E-state index in [4.69, 9.17) is 16.3 Å². The largest absolute Gasteiger partial charge is 0.454 e. The molecule has 2 amide bonds. The van der Waals surface area contributed by atoms with Gasteiger partial charge in [0, 0.05) is 17.3 Å². The molecule has 0 aliphatic carbocycles. The molecule has 0 aliphatic heterocycles. The number of rotatable bonds is 8. The van der Waals surface area contributed by atoms with Crippen LogP contribution in [0.15, 0.2) is 42.5 Å². The number of benzene rings is 2. The fourth-order valence-corrected chi connectivity index (χ4v) is 2.76. The number of carbonyl (C=O) groups is 3. The average molecular weight is 448 g/mol. The maximum Gasteiger partial charge on any atom is 0.329 e. The van der Waals surface area contributed by atoms with Gasteiger partial charge in [0.1, 0.15) is 11.1 Å². The van der Waals surface area contributed by atoms with E-state index in [1.54, 1.807) is 26.0 Å². The van der Waals surface area contributed by atoms with Crippen molar-refractivity contribution in [2.45, 2.75) is 26.8 Å². The predicted molar refractivity (Wildman–Crippen MR) is 115 cm³/mol. The molecule has 9 nitrogen and oxygen atoms in total. The summed E-state index contributed by atoms with van der Waals surface area (Å²) in [6, 6.07) is 9.59. The van der Waals surface area contributed by atoms with E-state index in [0.717, 1.165) is 11.6 Å². The van der Waals surface area contributed by atoms with E-state index in [-0.39, 0.29) is 16.5 Å². The molecule has 31 heavy (non-hydrogen) atoms. The van der Waals surface area contributed by atoms with Crippen LogP contribution in [0.1, 0.15) is 29.8 Å². The fraction of sp³-hybridized carbons (Fsp3) is 0.286. The van der Waals surface area contributed by atoms with Crippen LogP contribution in [0.2, 0.25) is 5.02 Å². The van der Waals surface area contributed by atoms with Gasteiger partial charge in [-0.3, -0.25) is 19.7 Å². The minimum Gasteiger partial charge on any atom is -0.454 e. The number of anilines is 1. The average Bonchev–Trinajstić information content (AvgIpc) is 2.71. The van der Waals surface area contributed by atoms with E-state index in [0.29, 0.717) is 5.69 Å². The molecule has 0 bridgehead atoms. The zero-order valence-electron chi connectivity index (χ0n) is 17.2. The van der Waals surface area contributed by atoms with Crippen LogP contribution in [0.3, 0.4) is 0 Å². The van der Waals surface area contributed by atoms with Crippen LogP contribution in [0.5, 0.6) is 0 Å². The molecule has 0 fully saturated rings. The van der Waals surface area contributed by atoms with Gasteiger partial charge >= 0.3 is 5.97 Å². The van der Waals surface area contributed by atoms with E-state index in [9.17, 15) is 24.5 Å². The first-order valence-corrected chi connectivity index (χ1v) is 9.74. The number of ether oxygens (including phenoxy) is 1. The highest BCUT2D eigenvalue weighted by Gasteiger charge is 2.27. The Kier molecular flexibility index (Phi) is 8.09. The number of esters is 1. The number of nitrogens with one attached hydrogen (secondary N) is 2. The fourth-order valence-electron chi connectivity index (χ4n) is 2.58. The van der Waals surface area contributed by atoms with Crippen molar-refractivity contribution in [2.75, 3.05) is 11.9 Å². The van der Waals surface area contributed by atoms with Gasteiger partial charge in [-0.05, 0) is 37.1 Å². The zero-order chi connectivity index (χ0) is 23.1. The minimum absolute atomic E-state index is 0.0355. The van der Waals surface area contributed by atoms with Gasteiger partial charge in [-0.2, -0.15) is 0 Å². The third-order valence-corrected chi connectivity index (χ3v) is 4.61. The first-order chi connectivity index (χ1) is 14.6. The molecule has 0 heterocycles. The van der Waals surface area contributed by atoms with Crippen molar-refractivity contribution in [2.24, 2.45) is 5.92 Å². The Morgan fingerprint density at radius 3 is 2.35 bits per heavy atom. The van der Waals surface area contributed by atoms with E-state index in [1.165, 1.54) is 12.1 Å². The first-order valence-electron chi connectivity index (χ1n) is 9.36. The van der Waals surface area contributed by atoms with Gasteiger partial charge in [-0.25, -0.2) is 4.79 Å². The SMILES string of the molecule is Cc1ccc(NC(=O)COC(=O)[C@@H](NC(=O)c2ccc(Cl)c([N+](=O)[O-])c2)C(C)C)cc1. The smallest absolute Gasteiger partial charge is 0.329 e. The van der Waals surface area contributed by atoms with Gasteiger partial charge in [0.25, 0.3) is 17.5 Å². The molecule has 2 rings (SSSR count). The maximum atomic E-state index is 12.5. The molecular formula is C21H22ClN3O6. The van der Waals surface area contributed by atoms with Crippen LogP contribution in [-0.2, 0) is 14.3 Å². The molecular weight excluding hydrogens is 426 g/mol. The van der Waals surface area contributed by atoms with Gasteiger partial charge < -0.3 is 15.4 Å². The Morgan fingerprint density at radius 1 is 1.13 bits per heavy atom. The molecule has 0 aromatic heterocycles. The van der Waals surface area contributed by atoms with Gasteiger partial charge in [0.05, 0.1) is 4.92 Å². The Bertz CT molecular complexity index is 991. The highest BCUT2D eigenvalue weighted by atomic mass is 35.5. The summed E-state index contributed by atoms with van der Waals surface area (Å²) in [5, 5.41) is 16.0. The van der Waals surface area contributed by atoms with Crippen LogP contribution in [0.4, 0.5) is 11.4 Å². The number of aryl methyl sites for hydroxylation is 1. The monoisotopic (exact) mass is 447 g/mol. The molecule has 0 radical (unpaired) electrons. The molecule has 2 aromatic carbocycles. The molecule has 10 heteroatoms. The lowest BCUT2D eigenvalue weighted by atomic mass is 10.0. The Balaban J connectivity index is 1.99. The minimum atomic E-state index is -1.06. The summed E-state index contributed by atoms with van der Waals surface area (Å²) in [5.74, 6) is -2.40. The third-order valence-electron chi connectivity index (χ3n) is 4.29. The summed E-state index contributed by atoms with van der Waals surface area (Å²) >= 11 is 5.75. The van der Waals surface area contributed by atoms with E-state index in [1.807, 2.05) is 19.1 Å². The summed E-state index contributed by atoms with van der Waals surface area (Å²) in [5.41, 5.74) is 1.13. The molecule has 0 aliphatic rings. The van der Waals surface area contributed by atoms with Crippen LogP contribution < -0.4 is 10.6 Å². The molecule has 0 unspecified atom stereocenters. The summed E-state index contributed by atoms with van der Waals surface area (Å²) in [6.07, 6.45) is 0. The number of hydrogen-bond acceptors (Lipinski definition) is 6. The number of nitro groups is 1. The van der Waals surface area contributed by atoms with Gasteiger partial charge in [0.2, 0.25) is 0 Å². The molecule has 0 saturated carbocycles. The molecule has 2 N–H and O–H groups in total. The summed E-state index contributed by atoms with van der Waals surface area (Å²) in [7, 11) is 0. The van der Waals surface area contributed by atoms with Crippen molar-refractivity contribution < 1.29 is 24.0 Å². The molecule has 0 spiro atoms. The van der Waals surface area contributed by atoms with Gasteiger partial charge in [-0.15, -0.1) is 0 Å². The number of amides is 2. The quantitative estimate of drug-likeness (QED) is 0.362. The van der Waals surface area contributed by atoms with E-state index >= 15 is 0 Å². The lowest BCUT2D eigenvalue weighted by Gasteiger charge is -2.20. The number of halogens is 1. The van der Waals surface area contributed by atoms with Crippen molar-refractivity contribution in [1.29, 1.82) is 0 Å². The zero-order valence-corrected chi connectivity index (χ0v) is 17.9. The molecule has 164 valence electrons. The number of hydrogen-bond donors (Lipinski definition) is 2.